The summed E-state index contributed by atoms with van der Waals surface area (Å²) in [5, 5.41) is 3.42. The van der Waals surface area contributed by atoms with Crippen LogP contribution in [-0.2, 0) is 4.74 Å². The number of nitrogens with zero attached hydrogens (tertiary/aromatic N) is 1. The van der Waals surface area contributed by atoms with Crippen molar-refractivity contribution < 1.29 is 4.74 Å². The zero-order chi connectivity index (χ0) is 10.7. The van der Waals surface area contributed by atoms with Crippen LogP contribution < -0.4 is 5.32 Å². The van der Waals surface area contributed by atoms with Gasteiger partial charge in [0.05, 0.1) is 6.10 Å². The summed E-state index contributed by atoms with van der Waals surface area (Å²) in [6.07, 6.45) is 5.70. The van der Waals surface area contributed by atoms with Crippen molar-refractivity contribution >= 4 is 0 Å². The van der Waals surface area contributed by atoms with Crippen LogP contribution in [0.25, 0.3) is 0 Å². The van der Waals surface area contributed by atoms with Gasteiger partial charge in [-0.1, -0.05) is 0 Å². The summed E-state index contributed by atoms with van der Waals surface area (Å²) in [6.45, 7) is 3.70. The highest BCUT2D eigenvalue weighted by molar-refractivity contribution is 4.87. The van der Waals surface area contributed by atoms with E-state index in [1.807, 2.05) is 7.11 Å². The van der Waals surface area contributed by atoms with Crippen LogP contribution in [0.1, 0.15) is 25.7 Å². The van der Waals surface area contributed by atoms with Gasteiger partial charge in [-0.15, -0.1) is 0 Å². The molecule has 1 saturated heterocycles. The van der Waals surface area contributed by atoms with Crippen molar-refractivity contribution in [2.45, 2.75) is 37.8 Å². The molecule has 0 amide bonds. The van der Waals surface area contributed by atoms with E-state index in [0.29, 0.717) is 6.10 Å². The summed E-state index contributed by atoms with van der Waals surface area (Å²) in [5.41, 5.74) is 0. The predicted octanol–water partition coefficient (Wildman–Crippen LogP) is 1.10. The molecule has 0 aromatic heterocycles. The highest BCUT2D eigenvalue weighted by Crippen LogP contribution is 2.28. The van der Waals surface area contributed by atoms with Crippen LogP contribution in [-0.4, -0.2) is 50.8 Å². The summed E-state index contributed by atoms with van der Waals surface area (Å²) in [4.78, 5) is 2.55. The van der Waals surface area contributed by atoms with Gasteiger partial charge in [0.1, 0.15) is 0 Å². The summed E-state index contributed by atoms with van der Waals surface area (Å²) in [5.74, 6) is 0.915. The van der Waals surface area contributed by atoms with Gasteiger partial charge in [0, 0.05) is 19.7 Å². The fourth-order valence-corrected chi connectivity index (χ4v) is 2.71. The molecule has 0 spiro atoms. The SMILES string of the molecule is CO[C@H]1C[C@@H](N(C)CC2CCNCC2)C1. The third-order valence-electron chi connectivity index (χ3n) is 4.03. The zero-order valence-electron chi connectivity index (χ0n) is 10.0. The molecule has 88 valence electrons. The van der Waals surface area contributed by atoms with Gasteiger partial charge in [-0.2, -0.15) is 0 Å². The van der Waals surface area contributed by atoms with E-state index in [1.165, 1.54) is 45.3 Å². The Morgan fingerprint density at radius 2 is 1.93 bits per heavy atom. The van der Waals surface area contributed by atoms with Gasteiger partial charge in [-0.3, -0.25) is 0 Å². The molecule has 0 aromatic carbocycles. The lowest BCUT2D eigenvalue weighted by Crippen LogP contribution is -2.48. The van der Waals surface area contributed by atoms with E-state index in [-0.39, 0.29) is 0 Å². The minimum Gasteiger partial charge on any atom is -0.381 e. The molecule has 2 aliphatic rings. The first kappa shape index (κ1) is 11.4. The Labute approximate surface area is 93.2 Å². The molecule has 0 bridgehead atoms. The van der Waals surface area contributed by atoms with Crippen molar-refractivity contribution in [2.75, 3.05) is 33.8 Å². The number of hydrogen-bond acceptors (Lipinski definition) is 3. The first-order chi connectivity index (χ1) is 7.29. The molecule has 2 fully saturated rings. The largest absolute Gasteiger partial charge is 0.381 e. The summed E-state index contributed by atoms with van der Waals surface area (Å²) < 4.78 is 5.32. The Morgan fingerprint density at radius 1 is 1.27 bits per heavy atom. The smallest absolute Gasteiger partial charge is 0.0601 e. The summed E-state index contributed by atoms with van der Waals surface area (Å²) in [7, 11) is 4.10. The fraction of sp³-hybridized carbons (Fsp3) is 1.00. The van der Waals surface area contributed by atoms with Gasteiger partial charge in [0.15, 0.2) is 0 Å². The minimum absolute atomic E-state index is 0.533. The Hall–Kier alpha value is -0.120. The van der Waals surface area contributed by atoms with Gasteiger partial charge in [0.2, 0.25) is 0 Å². The van der Waals surface area contributed by atoms with E-state index in [9.17, 15) is 0 Å². The second-order valence-electron chi connectivity index (χ2n) is 5.12. The zero-order valence-corrected chi connectivity index (χ0v) is 10.0. The maximum absolute atomic E-state index is 5.32. The number of nitrogens with one attached hydrogen (secondary N) is 1. The second-order valence-corrected chi connectivity index (χ2v) is 5.12. The molecular formula is C12H24N2O. The van der Waals surface area contributed by atoms with Crippen molar-refractivity contribution in [3.8, 4) is 0 Å². The molecule has 0 unspecified atom stereocenters. The van der Waals surface area contributed by atoms with Crippen LogP contribution in [0.15, 0.2) is 0 Å². The van der Waals surface area contributed by atoms with Crippen molar-refractivity contribution in [2.24, 2.45) is 5.92 Å². The number of methoxy groups -OCH3 is 1. The average molecular weight is 212 g/mol. The molecule has 1 aliphatic heterocycles. The maximum atomic E-state index is 5.32. The molecule has 1 saturated carbocycles. The topological polar surface area (TPSA) is 24.5 Å². The van der Waals surface area contributed by atoms with E-state index in [1.54, 1.807) is 0 Å². The first-order valence-corrected chi connectivity index (χ1v) is 6.23. The molecule has 0 aromatic rings. The third-order valence-corrected chi connectivity index (χ3v) is 4.03. The Kier molecular flexibility index (Phi) is 4.00. The lowest BCUT2D eigenvalue weighted by molar-refractivity contribution is -0.0240. The second kappa shape index (κ2) is 5.28. The average Bonchev–Trinajstić information content (AvgIpc) is 2.17. The lowest BCUT2D eigenvalue weighted by Gasteiger charge is -2.42. The Bertz CT molecular complexity index is 186. The Balaban J connectivity index is 1.66. The lowest BCUT2D eigenvalue weighted by atomic mass is 9.87. The van der Waals surface area contributed by atoms with Gasteiger partial charge in [-0.25, -0.2) is 0 Å². The van der Waals surface area contributed by atoms with Crippen LogP contribution in [0.2, 0.25) is 0 Å². The van der Waals surface area contributed by atoms with Gasteiger partial charge >= 0.3 is 0 Å². The predicted molar refractivity (Wildman–Crippen MR) is 62.0 cm³/mol. The summed E-state index contributed by atoms with van der Waals surface area (Å²) >= 11 is 0. The number of ether oxygens (including phenoxy) is 1. The molecule has 0 atom stereocenters. The molecular weight excluding hydrogens is 188 g/mol. The standard InChI is InChI=1S/C12H24N2O/c1-14(11-7-12(8-11)15-2)9-10-3-5-13-6-4-10/h10-13H,3-9H2,1-2H3/t11-,12+. The van der Waals surface area contributed by atoms with Crippen LogP contribution >= 0.6 is 0 Å². The highest BCUT2D eigenvalue weighted by atomic mass is 16.5. The Morgan fingerprint density at radius 3 is 2.53 bits per heavy atom. The van der Waals surface area contributed by atoms with Crippen LogP contribution in [0.5, 0.6) is 0 Å². The van der Waals surface area contributed by atoms with Crippen molar-refractivity contribution in [1.29, 1.82) is 0 Å². The number of hydrogen-bond donors (Lipinski definition) is 1. The number of rotatable bonds is 4. The molecule has 1 heterocycles. The van der Waals surface area contributed by atoms with E-state index in [2.05, 4.69) is 17.3 Å². The molecule has 0 radical (unpaired) electrons. The van der Waals surface area contributed by atoms with E-state index < -0.39 is 0 Å². The van der Waals surface area contributed by atoms with Crippen LogP contribution in [0.4, 0.5) is 0 Å². The molecule has 2 rings (SSSR count). The van der Waals surface area contributed by atoms with Crippen LogP contribution in [0, 0.1) is 5.92 Å². The van der Waals surface area contributed by atoms with Gasteiger partial charge in [-0.05, 0) is 51.7 Å². The molecule has 3 heteroatoms. The van der Waals surface area contributed by atoms with E-state index in [4.69, 9.17) is 4.74 Å². The van der Waals surface area contributed by atoms with E-state index in [0.717, 1.165) is 12.0 Å². The van der Waals surface area contributed by atoms with Crippen molar-refractivity contribution in [3.63, 3.8) is 0 Å². The third kappa shape index (κ3) is 2.92. The maximum Gasteiger partial charge on any atom is 0.0601 e. The fourth-order valence-electron chi connectivity index (χ4n) is 2.71. The number of piperidine rings is 1. The molecule has 1 aliphatic carbocycles. The molecule has 15 heavy (non-hydrogen) atoms. The quantitative estimate of drug-likeness (QED) is 0.755. The summed E-state index contributed by atoms with van der Waals surface area (Å²) in [6, 6.07) is 0.782. The monoisotopic (exact) mass is 212 g/mol. The van der Waals surface area contributed by atoms with Crippen molar-refractivity contribution in [1.82, 2.24) is 10.2 Å². The highest BCUT2D eigenvalue weighted by Gasteiger charge is 2.32. The van der Waals surface area contributed by atoms with Gasteiger partial charge < -0.3 is 15.0 Å². The normalized spacial score (nSPS) is 33.0. The first-order valence-electron chi connectivity index (χ1n) is 6.23. The van der Waals surface area contributed by atoms with Crippen molar-refractivity contribution in [3.05, 3.63) is 0 Å². The minimum atomic E-state index is 0.533. The molecule has 1 N–H and O–H groups in total. The van der Waals surface area contributed by atoms with Crippen LogP contribution in [0.3, 0.4) is 0 Å². The van der Waals surface area contributed by atoms with Gasteiger partial charge in [0.25, 0.3) is 0 Å². The molecule has 3 nitrogen and oxygen atoms in total. The van der Waals surface area contributed by atoms with E-state index >= 15 is 0 Å².